The van der Waals surface area contributed by atoms with Crippen molar-refractivity contribution < 1.29 is 13.2 Å². The Kier molecular flexibility index (Phi) is 7.85. The van der Waals surface area contributed by atoms with Crippen molar-refractivity contribution in [3.63, 3.8) is 0 Å². The van der Waals surface area contributed by atoms with Crippen molar-refractivity contribution >= 4 is 15.7 Å². The van der Waals surface area contributed by atoms with E-state index in [0.29, 0.717) is 30.1 Å². The van der Waals surface area contributed by atoms with Gasteiger partial charge in [0.2, 0.25) is 10.0 Å². The quantitative estimate of drug-likeness (QED) is 0.577. The first-order chi connectivity index (χ1) is 16.3. The van der Waals surface area contributed by atoms with Crippen LogP contribution >= 0.6 is 0 Å². The molecular formula is C27H39N3O3S. The summed E-state index contributed by atoms with van der Waals surface area (Å²) in [6, 6.07) is 16.8. The fourth-order valence-corrected chi connectivity index (χ4v) is 7.27. The van der Waals surface area contributed by atoms with Gasteiger partial charge in [0.05, 0.1) is 19.1 Å². The van der Waals surface area contributed by atoms with Crippen molar-refractivity contribution in [1.82, 2.24) is 10.6 Å². The van der Waals surface area contributed by atoms with E-state index >= 15 is 0 Å². The zero-order valence-electron chi connectivity index (χ0n) is 20.8. The normalized spacial score (nSPS) is 25.1. The van der Waals surface area contributed by atoms with Gasteiger partial charge in [-0.1, -0.05) is 43.2 Å². The Bertz CT molecular complexity index is 1060. The molecule has 4 rings (SSSR count). The van der Waals surface area contributed by atoms with Crippen LogP contribution < -0.4 is 19.7 Å². The number of fused-ring (bicyclic) bond motifs is 1. The molecule has 34 heavy (non-hydrogen) atoms. The number of rotatable bonds is 8. The molecule has 0 spiro atoms. The Balaban J connectivity index is 1.62. The Labute approximate surface area is 205 Å². The number of benzene rings is 2. The zero-order valence-corrected chi connectivity index (χ0v) is 21.6. The third kappa shape index (κ3) is 5.42. The van der Waals surface area contributed by atoms with Crippen LogP contribution in [-0.2, 0) is 16.6 Å². The highest BCUT2D eigenvalue weighted by Crippen LogP contribution is 2.40. The third-order valence-electron chi connectivity index (χ3n) is 7.42. The summed E-state index contributed by atoms with van der Waals surface area (Å²) in [6.45, 7) is 5.47. The van der Waals surface area contributed by atoms with Crippen LogP contribution in [0.15, 0.2) is 48.5 Å². The monoisotopic (exact) mass is 485 g/mol. The number of hydrogen-bond acceptors (Lipinski definition) is 5. The van der Waals surface area contributed by atoms with E-state index in [1.54, 1.807) is 7.11 Å². The second kappa shape index (κ2) is 10.7. The molecule has 2 aromatic rings. The van der Waals surface area contributed by atoms with Crippen molar-refractivity contribution in [3.05, 3.63) is 59.7 Å². The summed E-state index contributed by atoms with van der Waals surface area (Å²) in [6.07, 6.45) is 6.40. The van der Waals surface area contributed by atoms with Gasteiger partial charge in [0.25, 0.3) is 0 Å². The van der Waals surface area contributed by atoms with Crippen molar-refractivity contribution in [3.8, 4) is 5.75 Å². The van der Waals surface area contributed by atoms with Gasteiger partial charge in [-0.25, -0.2) is 8.42 Å². The molecule has 4 unspecified atom stereocenters. The van der Waals surface area contributed by atoms with Crippen molar-refractivity contribution in [2.24, 2.45) is 11.8 Å². The minimum absolute atomic E-state index is 0.169. The zero-order chi connectivity index (χ0) is 24.3. The van der Waals surface area contributed by atoms with Crippen LogP contribution in [0.4, 0.5) is 5.69 Å². The van der Waals surface area contributed by atoms with Gasteiger partial charge >= 0.3 is 0 Å². The van der Waals surface area contributed by atoms with E-state index in [1.807, 2.05) is 32.0 Å². The van der Waals surface area contributed by atoms with Gasteiger partial charge in [0.1, 0.15) is 5.75 Å². The number of methoxy groups -OCH3 is 1. The van der Waals surface area contributed by atoms with Crippen LogP contribution in [0.5, 0.6) is 5.75 Å². The SMILES string of the molecule is COc1ccc(N(C(C)C)S(C)(=O)=O)cc1CNC1C(c2ccccc2)NCC2CCCCC21. The van der Waals surface area contributed by atoms with Gasteiger partial charge in [-0.3, -0.25) is 4.31 Å². The summed E-state index contributed by atoms with van der Waals surface area (Å²) in [7, 11) is -1.72. The average molecular weight is 486 g/mol. The molecule has 4 atom stereocenters. The van der Waals surface area contributed by atoms with Crippen LogP contribution in [0.2, 0.25) is 0 Å². The van der Waals surface area contributed by atoms with Gasteiger partial charge in [-0.05, 0) is 68.8 Å². The number of hydrogen-bond donors (Lipinski definition) is 2. The molecule has 2 fully saturated rings. The van der Waals surface area contributed by atoms with E-state index in [9.17, 15) is 8.42 Å². The molecule has 2 aliphatic rings. The fourth-order valence-electron chi connectivity index (χ4n) is 6.01. The lowest BCUT2D eigenvalue weighted by atomic mass is 9.69. The second-order valence-corrected chi connectivity index (χ2v) is 11.9. The Morgan fingerprint density at radius 3 is 2.53 bits per heavy atom. The molecule has 0 amide bonds. The molecule has 1 heterocycles. The van der Waals surface area contributed by atoms with Crippen LogP contribution in [-0.4, -0.2) is 40.4 Å². The van der Waals surface area contributed by atoms with Gasteiger partial charge in [-0.15, -0.1) is 0 Å². The van der Waals surface area contributed by atoms with Crippen LogP contribution in [0.3, 0.4) is 0 Å². The highest BCUT2D eigenvalue weighted by molar-refractivity contribution is 7.92. The minimum Gasteiger partial charge on any atom is -0.496 e. The molecule has 1 saturated heterocycles. The smallest absolute Gasteiger partial charge is 0.232 e. The van der Waals surface area contributed by atoms with Gasteiger partial charge in [0, 0.05) is 30.2 Å². The van der Waals surface area contributed by atoms with Crippen molar-refractivity contribution in [1.29, 1.82) is 0 Å². The fraction of sp³-hybridized carbons (Fsp3) is 0.556. The summed E-state index contributed by atoms with van der Waals surface area (Å²) in [5.74, 6) is 2.09. The Morgan fingerprint density at radius 1 is 1.12 bits per heavy atom. The van der Waals surface area contributed by atoms with E-state index in [-0.39, 0.29) is 12.1 Å². The lowest BCUT2D eigenvalue weighted by Gasteiger charge is -2.47. The molecule has 1 aliphatic carbocycles. The first kappa shape index (κ1) is 25.0. The Morgan fingerprint density at radius 2 is 1.85 bits per heavy atom. The first-order valence-corrected chi connectivity index (χ1v) is 14.3. The van der Waals surface area contributed by atoms with Gasteiger partial charge in [0.15, 0.2) is 0 Å². The van der Waals surface area contributed by atoms with Crippen LogP contribution in [0.25, 0.3) is 0 Å². The molecule has 0 aromatic heterocycles. The maximum atomic E-state index is 12.5. The number of anilines is 1. The highest BCUT2D eigenvalue weighted by atomic mass is 32.2. The average Bonchev–Trinajstić information content (AvgIpc) is 2.82. The number of sulfonamides is 1. The third-order valence-corrected chi connectivity index (χ3v) is 8.77. The van der Waals surface area contributed by atoms with Crippen LogP contribution in [0, 0.1) is 11.8 Å². The molecule has 0 bridgehead atoms. The molecular weight excluding hydrogens is 446 g/mol. The first-order valence-electron chi connectivity index (χ1n) is 12.5. The molecule has 2 N–H and O–H groups in total. The minimum atomic E-state index is -3.39. The van der Waals surface area contributed by atoms with E-state index in [0.717, 1.165) is 17.9 Å². The Hall–Kier alpha value is -2.09. The second-order valence-electron chi connectivity index (χ2n) is 10.1. The highest BCUT2D eigenvalue weighted by Gasteiger charge is 2.40. The van der Waals surface area contributed by atoms with Gasteiger partial charge in [-0.2, -0.15) is 0 Å². The summed E-state index contributed by atoms with van der Waals surface area (Å²) >= 11 is 0. The molecule has 186 valence electrons. The molecule has 7 heteroatoms. The largest absolute Gasteiger partial charge is 0.496 e. The van der Waals surface area contributed by atoms with E-state index in [1.165, 1.54) is 41.8 Å². The van der Waals surface area contributed by atoms with Crippen LogP contribution in [0.1, 0.15) is 56.7 Å². The molecule has 2 aromatic carbocycles. The summed E-state index contributed by atoms with van der Waals surface area (Å²) in [5.41, 5.74) is 2.96. The molecule has 0 radical (unpaired) electrons. The molecule has 6 nitrogen and oxygen atoms in total. The number of nitrogens with zero attached hydrogens (tertiary/aromatic N) is 1. The number of nitrogens with one attached hydrogen (secondary N) is 2. The summed E-state index contributed by atoms with van der Waals surface area (Å²) < 4.78 is 32.1. The standard InChI is InChI=1S/C27H39N3O3S/c1-19(2)30(34(4,31)32)23-14-15-25(33-3)22(16-23)18-29-27-24-13-9-8-12-21(24)17-28-26(27)20-10-6-5-7-11-20/h5-7,10-11,14-16,19,21,24,26-29H,8-9,12-13,17-18H2,1-4H3. The predicted octanol–water partition coefficient (Wildman–Crippen LogP) is 4.48. The lowest BCUT2D eigenvalue weighted by molar-refractivity contribution is 0.104. The topological polar surface area (TPSA) is 70.7 Å². The summed E-state index contributed by atoms with van der Waals surface area (Å²) in [5, 5.41) is 7.72. The van der Waals surface area contributed by atoms with E-state index < -0.39 is 10.0 Å². The molecule has 1 aliphatic heterocycles. The number of ether oxygens (including phenoxy) is 1. The molecule has 1 saturated carbocycles. The van der Waals surface area contributed by atoms with Crippen molar-refractivity contribution in [2.45, 2.75) is 64.2 Å². The van der Waals surface area contributed by atoms with E-state index in [2.05, 4.69) is 41.0 Å². The summed E-state index contributed by atoms with van der Waals surface area (Å²) in [4.78, 5) is 0. The van der Waals surface area contributed by atoms with Gasteiger partial charge < -0.3 is 15.4 Å². The lowest BCUT2D eigenvalue weighted by Crippen LogP contribution is -2.55. The maximum absolute atomic E-state index is 12.5. The van der Waals surface area contributed by atoms with Crippen molar-refractivity contribution in [2.75, 3.05) is 24.2 Å². The maximum Gasteiger partial charge on any atom is 0.232 e. The van der Waals surface area contributed by atoms with E-state index in [4.69, 9.17) is 4.74 Å². The number of piperidine rings is 1. The predicted molar refractivity (Wildman–Crippen MR) is 139 cm³/mol.